The molecule has 1 aliphatic heterocycles. The number of fused-ring (bicyclic) bond motifs is 1. The topological polar surface area (TPSA) is 46.5 Å². The molecule has 1 saturated carbocycles. The number of hydrogen-bond donors (Lipinski definition) is 1. The molecular weight excluding hydrogens is 204 g/mol. The summed E-state index contributed by atoms with van der Waals surface area (Å²) in [4.78, 5) is 11.6. The minimum atomic E-state index is -0.366. The van der Waals surface area contributed by atoms with Crippen LogP contribution in [0.1, 0.15) is 19.8 Å². The molecule has 4 unspecified atom stereocenters. The van der Waals surface area contributed by atoms with Crippen LogP contribution in [0.5, 0.6) is 0 Å². The van der Waals surface area contributed by atoms with Gasteiger partial charge in [0.05, 0.1) is 12.0 Å². The fraction of sp³-hybridized carbons (Fsp3) is 0.700. The summed E-state index contributed by atoms with van der Waals surface area (Å²) in [6, 6.07) is 0. The molecule has 78 valence electrons. The summed E-state index contributed by atoms with van der Waals surface area (Å²) in [5, 5.41) is 9.80. The van der Waals surface area contributed by atoms with Gasteiger partial charge in [0, 0.05) is 5.92 Å². The number of ether oxygens (including phenoxy) is 1. The third-order valence-electron chi connectivity index (χ3n) is 3.20. The van der Waals surface area contributed by atoms with Gasteiger partial charge in [-0.2, -0.15) is 0 Å². The lowest BCUT2D eigenvalue weighted by molar-refractivity contribution is -0.133. The summed E-state index contributed by atoms with van der Waals surface area (Å²) in [6.45, 7) is 1.90. The molecule has 2 aliphatic rings. The predicted molar refractivity (Wildman–Crippen MR) is 51.7 cm³/mol. The fourth-order valence-electron chi connectivity index (χ4n) is 2.24. The average molecular weight is 217 g/mol. The van der Waals surface area contributed by atoms with E-state index in [1.165, 1.54) is 6.26 Å². The Bertz CT molecular complexity index is 287. The van der Waals surface area contributed by atoms with Crippen molar-refractivity contribution in [2.45, 2.75) is 32.0 Å². The molecule has 1 heterocycles. The molecule has 0 bridgehead atoms. The summed E-state index contributed by atoms with van der Waals surface area (Å²) in [7, 11) is 0. The quantitative estimate of drug-likeness (QED) is 0.667. The number of ketones is 1. The van der Waals surface area contributed by atoms with Crippen LogP contribution in [-0.2, 0) is 9.53 Å². The van der Waals surface area contributed by atoms with Crippen molar-refractivity contribution in [1.82, 2.24) is 0 Å². The molecule has 1 N–H and O–H groups in total. The molecule has 0 amide bonds. The van der Waals surface area contributed by atoms with Crippen LogP contribution in [0.3, 0.4) is 0 Å². The van der Waals surface area contributed by atoms with E-state index >= 15 is 0 Å². The van der Waals surface area contributed by atoms with E-state index in [0.717, 1.165) is 0 Å². The van der Waals surface area contributed by atoms with Crippen molar-refractivity contribution in [2.75, 3.05) is 0 Å². The number of aliphatic hydroxyl groups excluding tert-OH is 1. The van der Waals surface area contributed by atoms with Gasteiger partial charge in [0.15, 0.2) is 5.78 Å². The van der Waals surface area contributed by atoms with Gasteiger partial charge in [0.25, 0.3) is 0 Å². The highest BCUT2D eigenvalue weighted by molar-refractivity contribution is 6.42. The Morgan fingerprint density at radius 3 is 3.00 bits per heavy atom. The maximum atomic E-state index is 11.6. The number of rotatable bonds is 0. The Labute approximate surface area is 87.7 Å². The van der Waals surface area contributed by atoms with Crippen LogP contribution in [0.15, 0.2) is 11.3 Å². The van der Waals surface area contributed by atoms with Crippen molar-refractivity contribution in [3.63, 3.8) is 0 Å². The first-order chi connectivity index (χ1) is 6.61. The van der Waals surface area contributed by atoms with Gasteiger partial charge in [0.1, 0.15) is 17.4 Å². The molecule has 0 spiro atoms. The van der Waals surface area contributed by atoms with Crippen molar-refractivity contribution in [3.8, 4) is 0 Å². The lowest BCUT2D eigenvalue weighted by Crippen LogP contribution is -2.46. The van der Waals surface area contributed by atoms with Gasteiger partial charge in [0.2, 0.25) is 0 Å². The number of carbonyl (C=O) groups excluding carboxylic acids is 1. The SMILES string of the molecule is CC1C(O)CCC2C(=O)C(Cl)=COC21. The highest BCUT2D eigenvalue weighted by Crippen LogP contribution is 2.37. The Hall–Kier alpha value is -0.540. The summed E-state index contributed by atoms with van der Waals surface area (Å²) < 4.78 is 5.37. The van der Waals surface area contributed by atoms with Crippen LogP contribution in [0.4, 0.5) is 0 Å². The Balaban J connectivity index is 2.23. The summed E-state index contributed by atoms with van der Waals surface area (Å²) in [5.74, 6) is -0.203. The van der Waals surface area contributed by atoms with E-state index in [1.807, 2.05) is 6.92 Å². The van der Waals surface area contributed by atoms with E-state index in [1.54, 1.807) is 0 Å². The number of Topliss-reactive ketones (excluding diaryl/α,β-unsaturated/α-hetero) is 1. The Morgan fingerprint density at radius 2 is 2.29 bits per heavy atom. The molecule has 3 nitrogen and oxygen atoms in total. The minimum Gasteiger partial charge on any atom is -0.495 e. The van der Waals surface area contributed by atoms with E-state index in [0.29, 0.717) is 12.8 Å². The van der Waals surface area contributed by atoms with Crippen LogP contribution < -0.4 is 0 Å². The second-order valence-electron chi connectivity index (χ2n) is 4.04. The minimum absolute atomic E-state index is 0.00119. The van der Waals surface area contributed by atoms with E-state index in [2.05, 4.69) is 0 Å². The number of carbonyl (C=O) groups is 1. The first-order valence-corrected chi connectivity index (χ1v) is 5.22. The van der Waals surface area contributed by atoms with Crippen LogP contribution in [0.25, 0.3) is 0 Å². The van der Waals surface area contributed by atoms with E-state index in [-0.39, 0.29) is 34.9 Å². The fourth-order valence-corrected chi connectivity index (χ4v) is 2.43. The third kappa shape index (κ3) is 1.44. The second kappa shape index (κ2) is 3.55. The predicted octanol–water partition coefficient (Wildman–Crippen LogP) is 1.44. The largest absolute Gasteiger partial charge is 0.495 e. The molecule has 0 radical (unpaired) electrons. The molecule has 0 aromatic carbocycles. The van der Waals surface area contributed by atoms with Crippen molar-refractivity contribution in [2.24, 2.45) is 11.8 Å². The maximum Gasteiger partial charge on any atom is 0.184 e. The smallest absolute Gasteiger partial charge is 0.184 e. The van der Waals surface area contributed by atoms with E-state index in [4.69, 9.17) is 16.3 Å². The molecule has 1 fully saturated rings. The molecule has 0 aromatic heterocycles. The van der Waals surface area contributed by atoms with Crippen molar-refractivity contribution < 1.29 is 14.6 Å². The summed E-state index contributed by atoms with van der Waals surface area (Å²) in [5.41, 5.74) is 0. The normalized spacial score (nSPS) is 42.5. The lowest BCUT2D eigenvalue weighted by Gasteiger charge is -2.39. The Kier molecular flexibility index (Phi) is 2.54. The molecule has 4 heteroatoms. The molecule has 14 heavy (non-hydrogen) atoms. The molecule has 2 rings (SSSR count). The van der Waals surface area contributed by atoms with Crippen molar-refractivity contribution >= 4 is 17.4 Å². The number of hydrogen-bond acceptors (Lipinski definition) is 3. The number of aliphatic hydroxyl groups is 1. The lowest BCUT2D eigenvalue weighted by atomic mass is 9.75. The highest BCUT2D eigenvalue weighted by atomic mass is 35.5. The number of halogens is 1. The molecule has 0 aromatic rings. The summed E-state index contributed by atoms with van der Waals surface area (Å²) in [6.07, 6.45) is 2.06. The first kappa shape index (κ1) is 9.99. The Morgan fingerprint density at radius 1 is 1.57 bits per heavy atom. The van der Waals surface area contributed by atoms with E-state index < -0.39 is 0 Å². The van der Waals surface area contributed by atoms with Crippen molar-refractivity contribution in [3.05, 3.63) is 11.3 Å². The van der Waals surface area contributed by atoms with Gasteiger partial charge in [-0.3, -0.25) is 4.79 Å². The van der Waals surface area contributed by atoms with Crippen molar-refractivity contribution in [1.29, 1.82) is 0 Å². The van der Waals surface area contributed by atoms with Crippen LogP contribution in [0, 0.1) is 11.8 Å². The van der Waals surface area contributed by atoms with Gasteiger partial charge in [-0.15, -0.1) is 0 Å². The second-order valence-corrected chi connectivity index (χ2v) is 4.45. The van der Waals surface area contributed by atoms with Crippen LogP contribution >= 0.6 is 11.6 Å². The monoisotopic (exact) mass is 216 g/mol. The highest BCUT2D eigenvalue weighted by Gasteiger charge is 2.43. The standard InChI is InChI=1S/C10H13ClO3/c1-5-8(12)3-2-6-9(13)7(11)4-14-10(5)6/h4-6,8,10,12H,2-3H2,1H3. The third-order valence-corrected chi connectivity index (χ3v) is 3.47. The summed E-state index contributed by atoms with van der Waals surface area (Å²) >= 11 is 5.70. The maximum absolute atomic E-state index is 11.6. The van der Waals surface area contributed by atoms with Gasteiger partial charge in [-0.25, -0.2) is 0 Å². The van der Waals surface area contributed by atoms with Gasteiger partial charge in [-0.1, -0.05) is 18.5 Å². The zero-order valence-corrected chi connectivity index (χ0v) is 8.70. The molecule has 4 atom stereocenters. The van der Waals surface area contributed by atoms with E-state index in [9.17, 15) is 9.90 Å². The average Bonchev–Trinajstić information content (AvgIpc) is 2.17. The zero-order chi connectivity index (χ0) is 10.3. The van der Waals surface area contributed by atoms with Gasteiger partial charge >= 0.3 is 0 Å². The molecule has 0 saturated heterocycles. The van der Waals surface area contributed by atoms with Gasteiger partial charge in [-0.05, 0) is 12.8 Å². The van der Waals surface area contributed by atoms with Gasteiger partial charge < -0.3 is 9.84 Å². The molecular formula is C10H13ClO3. The zero-order valence-electron chi connectivity index (χ0n) is 7.94. The van der Waals surface area contributed by atoms with Crippen LogP contribution in [0.2, 0.25) is 0 Å². The molecule has 1 aliphatic carbocycles. The number of allylic oxidation sites excluding steroid dienone is 1. The first-order valence-electron chi connectivity index (χ1n) is 4.84. The van der Waals surface area contributed by atoms with Crippen LogP contribution in [-0.4, -0.2) is 23.1 Å².